The fourth-order valence-corrected chi connectivity index (χ4v) is 1.56. The second kappa shape index (κ2) is 5.70. The first-order chi connectivity index (χ1) is 9.91. The minimum Gasteiger partial charge on any atom is -0.455 e. The highest BCUT2D eigenvalue weighted by Gasteiger charge is 2.34. The van der Waals surface area contributed by atoms with E-state index in [0.717, 1.165) is 6.07 Å². The van der Waals surface area contributed by atoms with E-state index in [1.807, 2.05) is 0 Å². The molecule has 21 heavy (non-hydrogen) atoms. The predicted octanol–water partition coefficient (Wildman–Crippen LogP) is 2.99. The van der Waals surface area contributed by atoms with Crippen molar-refractivity contribution in [2.45, 2.75) is 6.18 Å². The summed E-state index contributed by atoms with van der Waals surface area (Å²) >= 11 is 0. The molecule has 0 unspecified atom stereocenters. The number of benzene rings is 1. The van der Waals surface area contributed by atoms with Crippen LogP contribution in [0, 0.1) is 0 Å². The average molecular weight is 297 g/mol. The summed E-state index contributed by atoms with van der Waals surface area (Å²) < 4.78 is 43.6. The van der Waals surface area contributed by atoms with Crippen molar-refractivity contribution in [2.24, 2.45) is 10.9 Å². The number of halogens is 3. The highest BCUT2D eigenvalue weighted by Crippen LogP contribution is 2.37. The molecule has 0 aliphatic heterocycles. The van der Waals surface area contributed by atoms with Gasteiger partial charge in [0.25, 0.3) is 0 Å². The molecule has 2 aromatic rings. The van der Waals surface area contributed by atoms with E-state index in [2.05, 4.69) is 10.1 Å². The number of amidine groups is 1. The summed E-state index contributed by atoms with van der Waals surface area (Å²) in [6, 6.07) is 7.57. The Bertz CT molecular complexity index is 654. The third-order valence-corrected chi connectivity index (χ3v) is 2.53. The lowest BCUT2D eigenvalue weighted by Crippen LogP contribution is -2.14. The molecule has 2 rings (SSSR count). The molecule has 0 spiro atoms. The number of hydrogen-bond donors (Lipinski definition) is 2. The zero-order valence-electron chi connectivity index (χ0n) is 10.5. The number of pyridine rings is 1. The van der Waals surface area contributed by atoms with Crippen molar-refractivity contribution in [1.82, 2.24) is 4.98 Å². The fourth-order valence-electron chi connectivity index (χ4n) is 1.56. The molecule has 0 aliphatic rings. The quantitative estimate of drug-likeness (QED) is 0.395. The monoisotopic (exact) mass is 297 g/mol. The molecule has 0 bridgehead atoms. The van der Waals surface area contributed by atoms with Crippen LogP contribution < -0.4 is 10.5 Å². The van der Waals surface area contributed by atoms with E-state index < -0.39 is 11.7 Å². The molecule has 110 valence electrons. The van der Waals surface area contributed by atoms with Crippen LogP contribution in [-0.4, -0.2) is 16.0 Å². The minimum absolute atomic E-state index is 0.0983. The normalized spacial score (nSPS) is 12.2. The fraction of sp³-hybridized carbons (Fsp3) is 0.0769. The van der Waals surface area contributed by atoms with Gasteiger partial charge in [-0.3, -0.25) is 0 Å². The van der Waals surface area contributed by atoms with Crippen LogP contribution in [0.4, 0.5) is 13.2 Å². The van der Waals surface area contributed by atoms with Crippen LogP contribution in [0.15, 0.2) is 47.8 Å². The van der Waals surface area contributed by atoms with Crippen molar-refractivity contribution in [3.63, 3.8) is 0 Å². The van der Waals surface area contributed by atoms with Crippen LogP contribution in [0.25, 0.3) is 0 Å². The first kappa shape index (κ1) is 14.6. The maximum Gasteiger partial charge on any atom is 0.419 e. The Balaban J connectivity index is 2.27. The molecule has 0 atom stereocenters. The first-order valence-electron chi connectivity index (χ1n) is 5.70. The smallest absolute Gasteiger partial charge is 0.419 e. The van der Waals surface area contributed by atoms with Gasteiger partial charge in [-0.2, -0.15) is 13.2 Å². The SMILES string of the molecule is N/C(=N/O)c1ccc(Oc2ccccc2C(F)(F)F)cn1. The number of rotatable bonds is 3. The number of alkyl halides is 3. The molecular weight excluding hydrogens is 287 g/mol. The van der Waals surface area contributed by atoms with E-state index in [1.54, 1.807) is 0 Å². The third kappa shape index (κ3) is 3.41. The van der Waals surface area contributed by atoms with Gasteiger partial charge in [-0.25, -0.2) is 4.98 Å². The molecule has 3 N–H and O–H groups in total. The number of para-hydroxylation sites is 1. The minimum atomic E-state index is -4.52. The predicted molar refractivity (Wildman–Crippen MR) is 68.3 cm³/mol. The topological polar surface area (TPSA) is 80.7 Å². The Morgan fingerprint density at radius 1 is 1.19 bits per heavy atom. The number of oxime groups is 1. The first-order valence-corrected chi connectivity index (χ1v) is 5.70. The molecule has 8 heteroatoms. The zero-order chi connectivity index (χ0) is 15.5. The molecule has 1 aromatic heterocycles. The van der Waals surface area contributed by atoms with Gasteiger partial charge in [0.1, 0.15) is 17.2 Å². The second-order valence-corrected chi connectivity index (χ2v) is 3.96. The summed E-state index contributed by atoms with van der Waals surface area (Å²) in [6.07, 6.45) is -3.33. The Morgan fingerprint density at radius 2 is 1.90 bits per heavy atom. The van der Waals surface area contributed by atoms with Gasteiger partial charge in [0.15, 0.2) is 5.84 Å². The highest BCUT2D eigenvalue weighted by molar-refractivity contribution is 5.95. The van der Waals surface area contributed by atoms with Crippen molar-refractivity contribution in [3.05, 3.63) is 53.9 Å². The van der Waals surface area contributed by atoms with E-state index in [-0.39, 0.29) is 23.0 Å². The zero-order valence-corrected chi connectivity index (χ0v) is 10.5. The molecule has 1 heterocycles. The molecule has 5 nitrogen and oxygen atoms in total. The van der Waals surface area contributed by atoms with Gasteiger partial charge >= 0.3 is 6.18 Å². The van der Waals surface area contributed by atoms with Crippen molar-refractivity contribution in [3.8, 4) is 11.5 Å². The van der Waals surface area contributed by atoms with Gasteiger partial charge in [0, 0.05) is 0 Å². The Hall–Kier alpha value is -2.77. The number of ether oxygens (including phenoxy) is 1. The molecule has 0 radical (unpaired) electrons. The molecule has 1 aromatic carbocycles. The number of hydrogen-bond acceptors (Lipinski definition) is 4. The maximum atomic E-state index is 12.8. The average Bonchev–Trinajstić information content (AvgIpc) is 2.47. The van der Waals surface area contributed by atoms with E-state index in [1.165, 1.54) is 36.5 Å². The summed E-state index contributed by atoms with van der Waals surface area (Å²) in [5, 5.41) is 11.2. The molecular formula is C13H10F3N3O2. The van der Waals surface area contributed by atoms with Crippen LogP contribution in [0.1, 0.15) is 11.3 Å². The molecule has 0 saturated heterocycles. The summed E-state index contributed by atoms with van der Waals surface area (Å²) in [5.41, 5.74) is 4.62. The summed E-state index contributed by atoms with van der Waals surface area (Å²) in [5.74, 6) is -0.443. The van der Waals surface area contributed by atoms with Gasteiger partial charge in [-0.05, 0) is 24.3 Å². The molecule has 0 aliphatic carbocycles. The van der Waals surface area contributed by atoms with Crippen LogP contribution in [-0.2, 0) is 6.18 Å². The van der Waals surface area contributed by atoms with Gasteiger partial charge in [0.05, 0.1) is 11.8 Å². The van der Waals surface area contributed by atoms with E-state index in [9.17, 15) is 13.2 Å². The number of nitrogens with zero attached hydrogens (tertiary/aromatic N) is 2. The van der Waals surface area contributed by atoms with Crippen LogP contribution in [0.3, 0.4) is 0 Å². The van der Waals surface area contributed by atoms with Gasteiger partial charge in [0.2, 0.25) is 0 Å². The lowest BCUT2D eigenvalue weighted by Gasteiger charge is -2.13. The van der Waals surface area contributed by atoms with Crippen molar-refractivity contribution in [1.29, 1.82) is 0 Å². The van der Waals surface area contributed by atoms with E-state index in [0.29, 0.717) is 0 Å². The van der Waals surface area contributed by atoms with Crippen LogP contribution >= 0.6 is 0 Å². The van der Waals surface area contributed by atoms with Crippen molar-refractivity contribution in [2.75, 3.05) is 0 Å². The summed E-state index contributed by atoms with van der Waals surface area (Å²) in [4.78, 5) is 3.82. The number of nitrogens with two attached hydrogens (primary N) is 1. The Labute approximate surface area is 117 Å². The highest BCUT2D eigenvalue weighted by atomic mass is 19.4. The van der Waals surface area contributed by atoms with Gasteiger partial charge in [-0.15, -0.1) is 0 Å². The summed E-state index contributed by atoms with van der Waals surface area (Å²) in [6.45, 7) is 0. The van der Waals surface area contributed by atoms with Crippen LogP contribution in [0.5, 0.6) is 11.5 Å². The lowest BCUT2D eigenvalue weighted by atomic mass is 10.2. The van der Waals surface area contributed by atoms with Crippen LogP contribution in [0.2, 0.25) is 0 Å². The van der Waals surface area contributed by atoms with Gasteiger partial charge < -0.3 is 15.7 Å². The van der Waals surface area contributed by atoms with Crippen molar-refractivity contribution < 1.29 is 23.1 Å². The molecule has 0 amide bonds. The van der Waals surface area contributed by atoms with E-state index in [4.69, 9.17) is 15.7 Å². The summed E-state index contributed by atoms with van der Waals surface area (Å²) in [7, 11) is 0. The third-order valence-electron chi connectivity index (χ3n) is 2.53. The number of aromatic nitrogens is 1. The van der Waals surface area contributed by atoms with Crippen molar-refractivity contribution >= 4 is 5.84 Å². The lowest BCUT2D eigenvalue weighted by molar-refractivity contribution is -0.138. The standard InChI is InChI=1S/C13H10F3N3O2/c14-13(15,16)9-3-1-2-4-11(9)21-8-5-6-10(18-7-8)12(17)19-20/h1-7,20H,(H2,17,19). The molecule has 0 saturated carbocycles. The van der Waals surface area contributed by atoms with Gasteiger partial charge in [-0.1, -0.05) is 17.3 Å². The maximum absolute atomic E-state index is 12.8. The molecule has 0 fully saturated rings. The van der Waals surface area contributed by atoms with E-state index >= 15 is 0 Å². The largest absolute Gasteiger partial charge is 0.455 e. The Kier molecular flexibility index (Phi) is 3.97. The second-order valence-electron chi connectivity index (χ2n) is 3.96. The Morgan fingerprint density at radius 3 is 2.48 bits per heavy atom.